The molecule has 0 saturated carbocycles. The van der Waals surface area contributed by atoms with Crippen molar-refractivity contribution in [1.82, 2.24) is 19.8 Å². The van der Waals surface area contributed by atoms with Crippen molar-refractivity contribution in [2.45, 2.75) is 18.9 Å². The van der Waals surface area contributed by atoms with E-state index in [-0.39, 0.29) is 24.5 Å². The average molecular weight is 431 g/mol. The van der Waals surface area contributed by atoms with Gasteiger partial charge in [0, 0.05) is 18.9 Å². The Bertz CT molecular complexity index is 642. The van der Waals surface area contributed by atoms with Crippen molar-refractivity contribution in [2.75, 3.05) is 25.4 Å². The van der Waals surface area contributed by atoms with Gasteiger partial charge in [0.2, 0.25) is 11.8 Å². The predicted octanol–water partition coefficient (Wildman–Crippen LogP) is 1.47. The summed E-state index contributed by atoms with van der Waals surface area (Å²) in [4.78, 5) is 35.5. The fourth-order valence-corrected chi connectivity index (χ4v) is 3.81. The summed E-state index contributed by atoms with van der Waals surface area (Å²) in [5, 5.41) is 0. The second kappa shape index (κ2) is 7.75. The van der Waals surface area contributed by atoms with Crippen molar-refractivity contribution < 1.29 is 14.3 Å². The van der Waals surface area contributed by atoms with E-state index in [1.165, 1.54) is 16.7 Å². The van der Waals surface area contributed by atoms with Crippen LogP contribution in [0.15, 0.2) is 16.9 Å². The van der Waals surface area contributed by atoms with Crippen molar-refractivity contribution in [3.8, 4) is 6.01 Å². The van der Waals surface area contributed by atoms with Crippen LogP contribution in [-0.2, 0) is 9.59 Å². The Kier molecular flexibility index (Phi) is 5.67. The summed E-state index contributed by atoms with van der Waals surface area (Å²) >= 11 is 9.68. The van der Waals surface area contributed by atoms with E-state index in [0.29, 0.717) is 29.2 Å². The highest BCUT2D eigenvalue weighted by Crippen LogP contribution is 2.20. The standard InChI is InChI=1S/C14H15BrN4O3S2/c15-9-4-16-13(17-5-9)22-10-2-1-3-18(6-10)11(20)7-19-12(21)8-24-14(19)23/h4-5,10H,1-3,6-8H2. The lowest BCUT2D eigenvalue weighted by Crippen LogP contribution is -2.48. The number of aromatic nitrogens is 2. The van der Waals surface area contributed by atoms with Gasteiger partial charge in [-0.2, -0.15) is 0 Å². The van der Waals surface area contributed by atoms with E-state index < -0.39 is 0 Å². The molecule has 0 bridgehead atoms. The number of thiocarbonyl (C=S) groups is 1. The van der Waals surface area contributed by atoms with E-state index in [4.69, 9.17) is 17.0 Å². The maximum Gasteiger partial charge on any atom is 0.316 e. The molecule has 7 nitrogen and oxygen atoms in total. The summed E-state index contributed by atoms with van der Waals surface area (Å²) in [6.07, 6.45) is 4.75. The minimum absolute atomic E-state index is 0.00612. The topological polar surface area (TPSA) is 75.6 Å². The smallest absolute Gasteiger partial charge is 0.316 e. The highest BCUT2D eigenvalue weighted by Gasteiger charge is 2.32. The molecule has 10 heteroatoms. The maximum absolute atomic E-state index is 12.5. The fraction of sp³-hybridized carbons (Fsp3) is 0.500. The maximum atomic E-state index is 12.5. The molecule has 0 radical (unpaired) electrons. The van der Waals surface area contributed by atoms with Crippen molar-refractivity contribution in [3.05, 3.63) is 16.9 Å². The van der Waals surface area contributed by atoms with Crippen LogP contribution in [0.2, 0.25) is 0 Å². The first-order chi connectivity index (χ1) is 11.5. The zero-order valence-electron chi connectivity index (χ0n) is 12.7. The monoisotopic (exact) mass is 430 g/mol. The van der Waals surface area contributed by atoms with Crippen LogP contribution < -0.4 is 4.74 Å². The molecule has 0 aromatic carbocycles. The Balaban J connectivity index is 1.56. The number of carbonyl (C=O) groups excluding carboxylic acids is 2. The van der Waals surface area contributed by atoms with Crippen LogP contribution in [-0.4, -0.2) is 67.4 Å². The summed E-state index contributed by atoms with van der Waals surface area (Å²) in [6, 6.07) is 0.296. The number of thioether (sulfide) groups is 1. The Morgan fingerprint density at radius 3 is 2.88 bits per heavy atom. The van der Waals surface area contributed by atoms with Gasteiger partial charge in [0.15, 0.2) is 0 Å². The van der Waals surface area contributed by atoms with Gasteiger partial charge in [-0.15, -0.1) is 0 Å². The van der Waals surface area contributed by atoms with Gasteiger partial charge < -0.3 is 9.64 Å². The van der Waals surface area contributed by atoms with Crippen LogP contribution >= 0.6 is 39.9 Å². The van der Waals surface area contributed by atoms with Gasteiger partial charge >= 0.3 is 6.01 Å². The van der Waals surface area contributed by atoms with Crippen LogP contribution in [0.5, 0.6) is 6.01 Å². The van der Waals surface area contributed by atoms with Gasteiger partial charge in [-0.1, -0.05) is 24.0 Å². The molecule has 0 aliphatic carbocycles. The van der Waals surface area contributed by atoms with Crippen molar-refractivity contribution in [1.29, 1.82) is 0 Å². The Labute approximate surface area is 157 Å². The largest absolute Gasteiger partial charge is 0.458 e. The lowest BCUT2D eigenvalue weighted by molar-refractivity contribution is -0.138. The molecule has 2 fully saturated rings. The number of halogens is 1. The number of carbonyl (C=O) groups is 2. The Morgan fingerprint density at radius 1 is 1.46 bits per heavy atom. The molecule has 2 aliphatic heterocycles. The molecule has 2 saturated heterocycles. The number of hydrogen-bond acceptors (Lipinski definition) is 7. The van der Waals surface area contributed by atoms with Crippen molar-refractivity contribution >= 4 is 56.0 Å². The molecule has 1 aromatic heterocycles. The van der Waals surface area contributed by atoms with E-state index in [9.17, 15) is 9.59 Å². The number of likely N-dealkylation sites (tertiary alicyclic amines) is 1. The second-order valence-electron chi connectivity index (χ2n) is 5.44. The third kappa shape index (κ3) is 4.22. The van der Waals surface area contributed by atoms with E-state index in [1.807, 2.05) is 0 Å². The zero-order valence-corrected chi connectivity index (χ0v) is 15.9. The first-order valence-corrected chi connectivity index (χ1v) is 9.60. The highest BCUT2D eigenvalue weighted by molar-refractivity contribution is 9.10. The summed E-state index contributed by atoms with van der Waals surface area (Å²) in [5.41, 5.74) is 0. The molecule has 1 unspecified atom stereocenters. The minimum atomic E-state index is -0.153. The first-order valence-electron chi connectivity index (χ1n) is 7.42. The number of amides is 2. The molecule has 1 aromatic rings. The molecular weight excluding hydrogens is 416 g/mol. The predicted molar refractivity (Wildman–Crippen MR) is 96.7 cm³/mol. The highest BCUT2D eigenvalue weighted by atomic mass is 79.9. The first kappa shape index (κ1) is 17.6. The number of rotatable bonds is 4. The molecule has 2 aliphatic rings. The van der Waals surface area contributed by atoms with E-state index >= 15 is 0 Å². The summed E-state index contributed by atoms with van der Waals surface area (Å²) < 4.78 is 7.01. The lowest BCUT2D eigenvalue weighted by Gasteiger charge is -2.33. The minimum Gasteiger partial charge on any atom is -0.458 e. The molecule has 1 atom stereocenters. The third-order valence-corrected chi connectivity index (χ3v) is 5.58. The number of nitrogens with zero attached hydrogens (tertiary/aromatic N) is 4. The van der Waals surface area contributed by atoms with Gasteiger partial charge in [-0.05, 0) is 28.8 Å². The molecule has 24 heavy (non-hydrogen) atoms. The normalized spacial score (nSPS) is 21.3. The number of hydrogen-bond donors (Lipinski definition) is 0. The average Bonchev–Trinajstić information content (AvgIpc) is 2.89. The Morgan fingerprint density at radius 2 is 2.21 bits per heavy atom. The summed E-state index contributed by atoms with van der Waals surface area (Å²) in [6.45, 7) is 1.12. The van der Waals surface area contributed by atoms with Gasteiger partial charge in [-0.25, -0.2) is 9.97 Å². The van der Waals surface area contributed by atoms with Crippen LogP contribution in [0.25, 0.3) is 0 Å². The van der Waals surface area contributed by atoms with E-state index in [1.54, 1.807) is 17.3 Å². The molecular formula is C14H15BrN4O3S2. The second-order valence-corrected chi connectivity index (χ2v) is 7.97. The number of piperidine rings is 1. The summed E-state index contributed by atoms with van der Waals surface area (Å²) in [5.74, 6) is 0.100. The zero-order chi connectivity index (χ0) is 17.1. The lowest BCUT2D eigenvalue weighted by atomic mass is 10.1. The quantitative estimate of drug-likeness (QED) is 0.669. The van der Waals surface area contributed by atoms with Crippen LogP contribution in [0.4, 0.5) is 0 Å². The van der Waals surface area contributed by atoms with Gasteiger partial charge in [0.25, 0.3) is 0 Å². The molecule has 0 N–H and O–H groups in total. The van der Waals surface area contributed by atoms with Crippen LogP contribution in [0.1, 0.15) is 12.8 Å². The van der Waals surface area contributed by atoms with Gasteiger partial charge in [0.05, 0.1) is 16.8 Å². The number of ether oxygens (including phenoxy) is 1. The fourth-order valence-electron chi connectivity index (χ4n) is 2.54. The Hall–Kier alpha value is -1.26. The summed E-state index contributed by atoms with van der Waals surface area (Å²) in [7, 11) is 0. The van der Waals surface area contributed by atoms with Crippen LogP contribution in [0, 0.1) is 0 Å². The van der Waals surface area contributed by atoms with Gasteiger partial charge in [-0.3, -0.25) is 14.5 Å². The third-order valence-electron chi connectivity index (χ3n) is 3.73. The van der Waals surface area contributed by atoms with Gasteiger partial charge in [0.1, 0.15) is 17.0 Å². The SMILES string of the molecule is O=C(CN1C(=O)CSC1=S)N1CCCC(Oc2ncc(Br)cn2)C1. The van der Waals surface area contributed by atoms with E-state index in [2.05, 4.69) is 25.9 Å². The molecule has 128 valence electrons. The molecule has 3 rings (SSSR count). The molecule has 2 amide bonds. The van der Waals surface area contributed by atoms with E-state index in [0.717, 1.165) is 17.3 Å². The van der Waals surface area contributed by atoms with Crippen LogP contribution in [0.3, 0.4) is 0 Å². The van der Waals surface area contributed by atoms with Crippen molar-refractivity contribution in [2.24, 2.45) is 0 Å². The molecule has 0 spiro atoms. The van der Waals surface area contributed by atoms with Crippen molar-refractivity contribution in [3.63, 3.8) is 0 Å². The molecule has 3 heterocycles.